The summed E-state index contributed by atoms with van der Waals surface area (Å²) in [6, 6.07) is 11.1. The second-order valence-corrected chi connectivity index (χ2v) is 6.86. The van der Waals surface area contributed by atoms with Crippen molar-refractivity contribution in [2.45, 2.75) is 6.92 Å². The Morgan fingerprint density at radius 1 is 1.14 bits per heavy atom. The van der Waals surface area contributed by atoms with E-state index in [4.69, 9.17) is 25.8 Å². The lowest BCUT2D eigenvalue weighted by Gasteiger charge is -2.08. The average molecular weight is 418 g/mol. The van der Waals surface area contributed by atoms with Crippen molar-refractivity contribution in [3.8, 4) is 28.5 Å². The number of rotatable bonds is 8. The summed E-state index contributed by atoms with van der Waals surface area (Å²) in [6.45, 7) is 2.49. The number of nitrogens with one attached hydrogen (secondary N) is 1. The number of halogens is 1. The van der Waals surface area contributed by atoms with Gasteiger partial charge in [0, 0.05) is 17.0 Å². The number of aromatic nitrogens is 1. The third-order valence-corrected chi connectivity index (χ3v) is 4.86. The molecule has 8 heteroatoms. The fourth-order valence-electron chi connectivity index (χ4n) is 2.49. The Bertz CT molecular complexity index is 975. The van der Waals surface area contributed by atoms with Crippen LogP contribution in [0.3, 0.4) is 0 Å². The minimum absolute atomic E-state index is 0.550. The lowest BCUT2D eigenvalue weighted by Crippen LogP contribution is -1.94. The van der Waals surface area contributed by atoms with Gasteiger partial charge in [0.05, 0.1) is 37.8 Å². The molecule has 0 atom stereocenters. The molecule has 28 heavy (non-hydrogen) atoms. The number of nitrogens with zero attached hydrogens (tertiary/aromatic N) is 2. The highest BCUT2D eigenvalue weighted by Crippen LogP contribution is 2.34. The molecular formula is C20H20ClN3O3S. The zero-order chi connectivity index (χ0) is 19.9. The monoisotopic (exact) mass is 417 g/mol. The normalized spacial score (nSPS) is 10.9. The molecule has 0 unspecified atom stereocenters. The SMILES string of the molecule is CCOc1ccc(/C=N\Nc2nc(-c3ccc(OC)cc3OC)cs2)cc1Cl. The van der Waals surface area contributed by atoms with E-state index >= 15 is 0 Å². The Kier molecular flexibility index (Phi) is 6.73. The fraction of sp³-hybridized carbons (Fsp3) is 0.200. The van der Waals surface area contributed by atoms with Gasteiger partial charge < -0.3 is 14.2 Å². The first-order chi connectivity index (χ1) is 13.6. The third-order valence-electron chi connectivity index (χ3n) is 3.82. The molecule has 0 amide bonds. The molecule has 3 aromatic rings. The van der Waals surface area contributed by atoms with Gasteiger partial charge in [0.15, 0.2) is 0 Å². The molecule has 0 spiro atoms. The van der Waals surface area contributed by atoms with E-state index < -0.39 is 0 Å². The van der Waals surface area contributed by atoms with Crippen LogP contribution >= 0.6 is 22.9 Å². The Morgan fingerprint density at radius 3 is 2.71 bits per heavy atom. The summed E-state index contributed by atoms with van der Waals surface area (Å²) >= 11 is 7.64. The molecule has 0 aliphatic rings. The maximum atomic E-state index is 6.19. The van der Waals surface area contributed by atoms with Crippen LogP contribution in [0.2, 0.25) is 5.02 Å². The van der Waals surface area contributed by atoms with Gasteiger partial charge in [-0.25, -0.2) is 4.98 Å². The summed E-state index contributed by atoms with van der Waals surface area (Å²) < 4.78 is 16.1. The van der Waals surface area contributed by atoms with Crippen molar-refractivity contribution in [3.05, 3.63) is 52.4 Å². The van der Waals surface area contributed by atoms with E-state index in [-0.39, 0.29) is 0 Å². The number of ether oxygens (including phenoxy) is 3. The quantitative estimate of drug-likeness (QED) is 0.396. The minimum Gasteiger partial charge on any atom is -0.497 e. The first-order valence-electron chi connectivity index (χ1n) is 8.54. The van der Waals surface area contributed by atoms with E-state index in [1.165, 1.54) is 11.3 Å². The number of benzene rings is 2. The van der Waals surface area contributed by atoms with E-state index in [0.717, 1.165) is 22.6 Å². The lowest BCUT2D eigenvalue weighted by atomic mass is 10.1. The maximum absolute atomic E-state index is 6.19. The standard InChI is InChI=1S/C20H20ClN3O3S/c1-4-27-18-8-5-13(9-16(18)21)11-22-24-20-23-17(12-28-20)15-7-6-14(25-2)10-19(15)26-3/h5-12H,4H2,1-3H3,(H,23,24)/b22-11-. The van der Waals surface area contributed by atoms with Crippen molar-refractivity contribution in [3.63, 3.8) is 0 Å². The van der Waals surface area contributed by atoms with E-state index in [1.807, 2.05) is 42.6 Å². The number of anilines is 1. The van der Waals surface area contributed by atoms with E-state index in [1.54, 1.807) is 26.5 Å². The first-order valence-corrected chi connectivity index (χ1v) is 9.79. The Hall–Kier alpha value is -2.77. The number of hydrogen-bond donors (Lipinski definition) is 1. The molecule has 3 rings (SSSR count). The highest BCUT2D eigenvalue weighted by atomic mass is 35.5. The van der Waals surface area contributed by atoms with E-state index in [2.05, 4.69) is 15.5 Å². The molecule has 0 aliphatic heterocycles. The number of thiazole rings is 1. The topological polar surface area (TPSA) is 65.0 Å². The van der Waals surface area contributed by atoms with Crippen molar-refractivity contribution in [2.24, 2.45) is 5.10 Å². The van der Waals surface area contributed by atoms with Crippen LogP contribution in [0.15, 0.2) is 46.9 Å². The third kappa shape index (κ3) is 4.74. The van der Waals surface area contributed by atoms with Gasteiger partial charge in [-0.3, -0.25) is 5.43 Å². The molecule has 1 aromatic heterocycles. The molecule has 0 radical (unpaired) electrons. The van der Waals surface area contributed by atoms with Gasteiger partial charge in [-0.15, -0.1) is 11.3 Å². The first kappa shape index (κ1) is 20.0. The van der Waals surface area contributed by atoms with Crippen LogP contribution in [-0.4, -0.2) is 32.0 Å². The Morgan fingerprint density at radius 2 is 2.00 bits per heavy atom. The van der Waals surface area contributed by atoms with Crippen LogP contribution < -0.4 is 19.6 Å². The number of hydrogen-bond acceptors (Lipinski definition) is 7. The molecule has 0 saturated heterocycles. The van der Waals surface area contributed by atoms with Crippen LogP contribution in [0.25, 0.3) is 11.3 Å². The average Bonchev–Trinajstić information content (AvgIpc) is 3.18. The van der Waals surface area contributed by atoms with Crippen molar-refractivity contribution < 1.29 is 14.2 Å². The second kappa shape index (κ2) is 9.43. The zero-order valence-corrected chi connectivity index (χ0v) is 17.3. The highest BCUT2D eigenvalue weighted by Gasteiger charge is 2.11. The van der Waals surface area contributed by atoms with Gasteiger partial charge in [-0.05, 0) is 42.8 Å². The summed E-state index contributed by atoms with van der Waals surface area (Å²) in [5.41, 5.74) is 5.48. The molecule has 0 bridgehead atoms. The molecule has 6 nitrogen and oxygen atoms in total. The number of methoxy groups -OCH3 is 2. The van der Waals surface area contributed by atoms with Gasteiger partial charge in [0.25, 0.3) is 0 Å². The van der Waals surface area contributed by atoms with Crippen LogP contribution in [-0.2, 0) is 0 Å². The fourth-order valence-corrected chi connectivity index (χ4v) is 3.39. The summed E-state index contributed by atoms with van der Waals surface area (Å²) in [5, 5.41) is 7.39. The molecule has 0 fully saturated rings. The summed E-state index contributed by atoms with van der Waals surface area (Å²) in [5.74, 6) is 2.09. The van der Waals surface area contributed by atoms with Crippen LogP contribution in [0.4, 0.5) is 5.13 Å². The van der Waals surface area contributed by atoms with Gasteiger partial charge in [0.1, 0.15) is 17.2 Å². The van der Waals surface area contributed by atoms with Crippen LogP contribution in [0.1, 0.15) is 12.5 Å². The van der Waals surface area contributed by atoms with Gasteiger partial charge in [-0.2, -0.15) is 5.10 Å². The predicted octanol–water partition coefficient (Wildman–Crippen LogP) is 5.33. The maximum Gasteiger partial charge on any atom is 0.203 e. The highest BCUT2D eigenvalue weighted by molar-refractivity contribution is 7.14. The van der Waals surface area contributed by atoms with Crippen molar-refractivity contribution in [2.75, 3.05) is 26.3 Å². The van der Waals surface area contributed by atoms with Crippen molar-refractivity contribution in [1.29, 1.82) is 0 Å². The molecular weight excluding hydrogens is 398 g/mol. The van der Waals surface area contributed by atoms with E-state index in [0.29, 0.717) is 28.3 Å². The van der Waals surface area contributed by atoms with Gasteiger partial charge >= 0.3 is 0 Å². The predicted molar refractivity (Wildman–Crippen MR) is 114 cm³/mol. The smallest absolute Gasteiger partial charge is 0.203 e. The molecule has 2 aromatic carbocycles. The van der Waals surface area contributed by atoms with E-state index in [9.17, 15) is 0 Å². The van der Waals surface area contributed by atoms with Crippen LogP contribution in [0, 0.1) is 0 Å². The van der Waals surface area contributed by atoms with Crippen molar-refractivity contribution in [1.82, 2.24) is 4.98 Å². The summed E-state index contributed by atoms with van der Waals surface area (Å²) in [7, 11) is 3.24. The van der Waals surface area contributed by atoms with Gasteiger partial charge in [-0.1, -0.05) is 11.6 Å². The van der Waals surface area contributed by atoms with Crippen molar-refractivity contribution >= 4 is 34.3 Å². The zero-order valence-electron chi connectivity index (χ0n) is 15.7. The molecule has 146 valence electrons. The van der Waals surface area contributed by atoms with Crippen LogP contribution in [0.5, 0.6) is 17.2 Å². The second-order valence-electron chi connectivity index (χ2n) is 5.60. The van der Waals surface area contributed by atoms with Gasteiger partial charge in [0.2, 0.25) is 5.13 Å². The molecule has 1 heterocycles. The molecule has 0 aliphatic carbocycles. The summed E-state index contributed by atoms with van der Waals surface area (Å²) in [6.07, 6.45) is 1.68. The lowest BCUT2D eigenvalue weighted by molar-refractivity contribution is 0.340. The molecule has 1 N–H and O–H groups in total. The minimum atomic E-state index is 0.550. The Balaban J connectivity index is 1.70. The molecule has 0 saturated carbocycles. The summed E-state index contributed by atoms with van der Waals surface area (Å²) in [4.78, 5) is 4.56. The number of hydrazone groups is 1. The Labute approximate surface area is 172 Å². The largest absolute Gasteiger partial charge is 0.497 e.